The molecule has 0 radical (unpaired) electrons. The van der Waals surface area contributed by atoms with Gasteiger partial charge in [0.1, 0.15) is 5.69 Å². The zero-order chi connectivity index (χ0) is 20.8. The largest absolute Gasteiger partial charge is 0.348 e. The lowest BCUT2D eigenvalue weighted by Gasteiger charge is -2.32. The van der Waals surface area contributed by atoms with Crippen molar-refractivity contribution in [3.8, 4) is 0 Å². The van der Waals surface area contributed by atoms with Crippen LogP contribution < -0.4 is 10.9 Å². The van der Waals surface area contributed by atoms with Crippen LogP contribution in [-0.4, -0.2) is 51.8 Å². The summed E-state index contributed by atoms with van der Waals surface area (Å²) >= 11 is 0. The zero-order valence-electron chi connectivity index (χ0n) is 16.3. The molecule has 1 aromatic carbocycles. The minimum absolute atomic E-state index is 0.0334. The lowest BCUT2D eigenvalue weighted by Crippen LogP contribution is -2.46. The molecule has 0 bridgehead atoms. The molecule has 2 heterocycles. The highest BCUT2D eigenvalue weighted by Crippen LogP contribution is 2.14. The van der Waals surface area contributed by atoms with Crippen LogP contribution in [0, 0.1) is 6.92 Å². The molecule has 0 saturated carbocycles. The molecule has 1 fully saturated rings. The van der Waals surface area contributed by atoms with Crippen LogP contribution in [0.15, 0.2) is 41.2 Å². The first-order valence-corrected chi connectivity index (χ1v) is 9.66. The molecule has 1 aliphatic heterocycles. The van der Waals surface area contributed by atoms with E-state index in [2.05, 4.69) is 15.5 Å². The topological polar surface area (TPSA) is 112 Å². The Hall–Kier alpha value is -3.29. The Balaban J connectivity index is 1.42. The van der Waals surface area contributed by atoms with Gasteiger partial charge in [0.25, 0.3) is 11.5 Å². The zero-order valence-corrected chi connectivity index (χ0v) is 16.3. The third kappa shape index (κ3) is 5.60. The molecule has 1 aliphatic rings. The van der Waals surface area contributed by atoms with Crippen molar-refractivity contribution >= 4 is 17.6 Å². The van der Waals surface area contributed by atoms with Crippen molar-refractivity contribution in [3.05, 3.63) is 63.6 Å². The van der Waals surface area contributed by atoms with Crippen LogP contribution in [-0.2, 0) is 4.79 Å². The second kappa shape index (κ2) is 9.27. The first-order chi connectivity index (χ1) is 13.9. The van der Waals surface area contributed by atoms with Crippen molar-refractivity contribution in [2.75, 3.05) is 13.1 Å². The lowest BCUT2D eigenvalue weighted by atomic mass is 10.0. The average molecular weight is 396 g/mol. The summed E-state index contributed by atoms with van der Waals surface area (Å²) in [7, 11) is 0. The molecule has 0 atom stereocenters. The fourth-order valence-electron chi connectivity index (χ4n) is 3.27. The molecule has 1 saturated heterocycles. The predicted molar refractivity (Wildman–Crippen MR) is 107 cm³/mol. The number of Topliss-reactive ketones (excluding diaryl/α,β-unsaturated/α-hetero) is 1. The summed E-state index contributed by atoms with van der Waals surface area (Å²) in [5.74, 6) is -0.429. The second-order valence-electron chi connectivity index (χ2n) is 7.22. The number of carbonyl (C=O) groups excluding carboxylic acids is 3. The number of amides is 2. The summed E-state index contributed by atoms with van der Waals surface area (Å²) in [6, 6.07) is 9.91. The van der Waals surface area contributed by atoms with E-state index in [-0.39, 0.29) is 47.7 Å². The summed E-state index contributed by atoms with van der Waals surface area (Å²) in [6.07, 6.45) is 1.64. The number of benzene rings is 1. The minimum atomic E-state index is -0.366. The van der Waals surface area contributed by atoms with Gasteiger partial charge >= 0.3 is 0 Å². The van der Waals surface area contributed by atoms with Crippen molar-refractivity contribution in [1.29, 1.82) is 0 Å². The second-order valence-corrected chi connectivity index (χ2v) is 7.22. The van der Waals surface area contributed by atoms with Crippen LogP contribution in [0.3, 0.4) is 0 Å². The number of H-pyrrole nitrogens is 1. The molecule has 0 aliphatic carbocycles. The number of aromatic nitrogens is 2. The van der Waals surface area contributed by atoms with Gasteiger partial charge in [-0.05, 0) is 25.8 Å². The molecule has 0 spiro atoms. The number of carbonyl (C=O) groups is 3. The molecule has 2 amide bonds. The number of nitrogens with zero attached hydrogens (tertiary/aromatic N) is 2. The highest BCUT2D eigenvalue weighted by molar-refractivity contribution is 5.98. The summed E-state index contributed by atoms with van der Waals surface area (Å²) in [5.41, 5.74) is 1.50. The smallest absolute Gasteiger partial charge is 0.271 e. The van der Waals surface area contributed by atoms with Gasteiger partial charge < -0.3 is 10.2 Å². The third-order valence-electron chi connectivity index (χ3n) is 5.03. The van der Waals surface area contributed by atoms with E-state index in [1.165, 1.54) is 12.1 Å². The first-order valence-electron chi connectivity index (χ1n) is 9.66. The molecular formula is C21H24N4O4. The molecule has 0 unspecified atom stereocenters. The highest BCUT2D eigenvalue weighted by Gasteiger charge is 2.24. The van der Waals surface area contributed by atoms with Gasteiger partial charge in [0.2, 0.25) is 5.91 Å². The van der Waals surface area contributed by atoms with Gasteiger partial charge in [-0.2, -0.15) is 5.10 Å². The van der Waals surface area contributed by atoms with E-state index >= 15 is 0 Å². The molecule has 8 heteroatoms. The number of likely N-dealkylation sites (tertiary alicyclic amines) is 1. The summed E-state index contributed by atoms with van der Waals surface area (Å²) in [4.78, 5) is 49.6. The number of hydrogen-bond acceptors (Lipinski definition) is 5. The van der Waals surface area contributed by atoms with E-state index < -0.39 is 0 Å². The molecule has 8 nitrogen and oxygen atoms in total. The fourth-order valence-corrected chi connectivity index (χ4v) is 3.27. The molecule has 3 rings (SSSR count). The maximum absolute atomic E-state index is 12.4. The molecule has 1 aromatic heterocycles. The van der Waals surface area contributed by atoms with Crippen LogP contribution in [0.1, 0.15) is 52.1 Å². The van der Waals surface area contributed by atoms with Gasteiger partial charge in [-0.25, -0.2) is 5.10 Å². The maximum Gasteiger partial charge on any atom is 0.271 e. The van der Waals surface area contributed by atoms with Gasteiger partial charge in [-0.3, -0.25) is 19.2 Å². The van der Waals surface area contributed by atoms with Crippen LogP contribution in [0.4, 0.5) is 0 Å². The SMILES string of the molecule is Cc1ccc(C(=O)CCC(=O)N2CCC(NC(=O)c3ccc(=O)[nH]n3)CC2)cc1. The predicted octanol–water partition coefficient (Wildman–Crippen LogP) is 1.46. The van der Waals surface area contributed by atoms with Crippen molar-refractivity contribution < 1.29 is 14.4 Å². The summed E-state index contributed by atoms with van der Waals surface area (Å²) in [6.45, 7) is 3.02. The first kappa shape index (κ1) is 20.4. The van der Waals surface area contributed by atoms with Crippen molar-refractivity contribution in [1.82, 2.24) is 20.4 Å². The maximum atomic E-state index is 12.4. The number of aryl methyl sites for hydroxylation is 1. The lowest BCUT2D eigenvalue weighted by molar-refractivity contribution is -0.132. The molecule has 152 valence electrons. The van der Waals surface area contributed by atoms with Crippen LogP contribution in [0.5, 0.6) is 0 Å². The van der Waals surface area contributed by atoms with Crippen molar-refractivity contribution in [2.24, 2.45) is 0 Å². The Bertz CT molecular complexity index is 923. The van der Waals surface area contributed by atoms with Crippen LogP contribution in [0.2, 0.25) is 0 Å². The van der Waals surface area contributed by atoms with E-state index in [4.69, 9.17) is 0 Å². The Labute approximate surface area is 168 Å². The molecule has 2 N–H and O–H groups in total. The monoisotopic (exact) mass is 396 g/mol. The van der Waals surface area contributed by atoms with Gasteiger partial charge in [-0.1, -0.05) is 29.8 Å². The quantitative estimate of drug-likeness (QED) is 0.718. The van der Waals surface area contributed by atoms with Crippen LogP contribution >= 0.6 is 0 Å². The van der Waals surface area contributed by atoms with E-state index in [1.54, 1.807) is 17.0 Å². The standard InChI is InChI=1S/C21H24N4O4/c1-14-2-4-15(5-3-14)18(26)7-9-20(28)25-12-10-16(11-13-25)22-21(29)17-6-8-19(27)24-23-17/h2-6,8,16H,7,9-13H2,1H3,(H,22,29)(H,24,27). The van der Waals surface area contributed by atoms with Gasteiger partial charge in [0, 0.05) is 43.6 Å². The molecule has 29 heavy (non-hydrogen) atoms. The highest BCUT2D eigenvalue weighted by atomic mass is 16.2. The number of aromatic amines is 1. The fraction of sp³-hybridized carbons (Fsp3) is 0.381. The van der Waals surface area contributed by atoms with E-state index in [0.717, 1.165) is 5.56 Å². The van der Waals surface area contributed by atoms with Gasteiger partial charge in [0.15, 0.2) is 5.78 Å². The van der Waals surface area contributed by atoms with E-state index in [0.29, 0.717) is 31.5 Å². The normalized spacial score (nSPS) is 14.4. The van der Waals surface area contributed by atoms with Gasteiger partial charge in [-0.15, -0.1) is 0 Å². The summed E-state index contributed by atoms with van der Waals surface area (Å²) in [5, 5.41) is 8.82. The number of nitrogens with one attached hydrogen (secondary N) is 2. The van der Waals surface area contributed by atoms with E-state index in [1.807, 2.05) is 19.1 Å². The number of ketones is 1. The Morgan fingerprint density at radius 1 is 1.07 bits per heavy atom. The molecular weight excluding hydrogens is 372 g/mol. The number of rotatable bonds is 6. The Kier molecular flexibility index (Phi) is 6.54. The number of hydrogen-bond donors (Lipinski definition) is 2. The van der Waals surface area contributed by atoms with Crippen molar-refractivity contribution in [3.63, 3.8) is 0 Å². The number of piperidine rings is 1. The van der Waals surface area contributed by atoms with Crippen LogP contribution in [0.25, 0.3) is 0 Å². The van der Waals surface area contributed by atoms with Crippen molar-refractivity contribution in [2.45, 2.75) is 38.6 Å². The summed E-state index contributed by atoms with van der Waals surface area (Å²) < 4.78 is 0. The van der Waals surface area contributed by atoms with E-state index in [9.17, 15) is 19.2 Å². The average Bonchev–Trinajstić information content (AvgIpc) is 2.73. The molecule has 2 aromatic rings. The van der Waals surface area contributed by atoms with Gasteiger partial charge in [0.05, 0.1) is 0 Å². The Morgan fingerprint density at radius 2 is 1.76 bits per heavy atom. The minimum Gasteiger partial charge on any atom is -0.348 e. The third-order valence-corrected chi connectivity index (χ3v) is 5.03. The Morgan fingerprint density at radius 3 is 2.38 bits per heavy atom.